The van der Waals surface area contributed by atoms with Crippen molar-refractivity contribution in [3.05, 3.63) is 60.2 Å². The van der Waals surface area contributed by atoms with Crippen LogP contribution in [-0.2, 0) is 15.6 Å². The number of nitrogens with one attached hydrogen (secondary N) is 2. The van der Waals surface area contributed by atoms with E-state index in [-0.39, 0.29) is 5.75 Å². The lowest BCUT2D eigenvalue weighted by atomic mass is 10.2. The van der Waals surface area contributed by atoms with Crippen molar-refractivity contribution in [1.82, 2.24) is 9.36 Å². The predicted octanol–water partition coefficient (Wildman–Crippen LogP) is 3.88. The molecule has 10 heteroatoms. The van der Waals surface area contributed by atoms with Gasteiger partial charge in [0.15, 0.2) is 9.84 Å². The molecule has 0 aliphatic rings. The van der Waals surface area contributed by atoms with E-state index < -0.39 is 15.9 Å². The van der Waals surface area contributed by atoms with Crippen molar-refractivity contribution in [2.24, 2.45) is 0 Å². The summed E-state index contributed by atoms with van der Waals surface area (Å²) in [6.07, 6.45) is 1.18. The molecule has 2 aromatic carbocycles. The maximum atomic E-state index is 12.1. The van der Waals surface area contributed by atoms with Gasteiger partial charge in [-0.3, -0.25) is 5.32 Å². The highest BCUT2D eigenvalue weighted by Gasteiger charge is 2.10. The molecule has 0 unspecified atom stereocenters. The molecule has 0 atom stereocenters. The number of rotatable bonds is 6. The molecule has 1 heterocycles. The molecule has 0 aliphatic heterocycles. The Kier molecular flexibility index (Phi) is 6.09. The first-order valence-electron chi connectivity index (χ1n) is 7.79. The summed E-state index contributed by atoms with van der Waals surface area (Å²) in [6.45, 7) is 0. The molecule has 0 saturated carbocycles. The normalized spacial score (nSPS) is 11.1. The van der Waals surface area contributed by atoms with Crippen molar-refractivity contribution in [3.8, 4) is 0 Å². The number of urea groups is 1. The Hall–Kier alpha value is -2.43. The lowest BCUT2D eigenvalue weighted by Crippen LogP contribution is -2.19. The highest BCUT2D eigenvalue weighted by atomic mass is 32.2. The fraction of sp³-hybridized carbons (Fsp3) is 0.118. The van der Waals surface area contributed by atoms with E-state index in [2.05, 4.69) is 20.0 Å². The maximum Gasteiger partial charge on any atom is 0.325 e. The number of hydrogen-bond acceptors (Lipinski definition) is 7. The number of carbonyl (C=O) groups is 1. The molecular formula is C17H16N4O3S3. The van der Waals surface area contributed by atoms with Crippen molar-refractivity contribution < 1.29 is 13.2 Å². The van der Waals surface area contributed by atoms with E-state index in [0.29, 0.717) is 21.5 Å². The van der Waals surface area contributed by atoms with Crippen LogP contribution < -0.4 is 10.6 Å². The van der Waals surface area contributed by atoms with E-state index in [1.54, 1.807) is 24.3 Å². The van der Waals surface area contributed by atoms with Crippen LogP contribution >= 0.6 is 23.3 Å². The van der Waals surface area contributed by atoms with Crippen LogP contribution in [0.2, 0.25) is 0 Å². The zero-order valence-electron chi connectivity index (χ0n) is 14.2. The second kappa shape index (κ2) is 8.51. The summed E-state index contributed by atoms with van der Waals surface area (Å²) >= 11 is 2.51. The standard InChI is InChI=1S/C17H16N4O3S3/c1-27(23,24)11-12-7-9-13(10-8-12)18-15(22)19-16-20-17(21-26-16)25-14-5-3-2-4-6-14/h2-10H,11H2,1H3,(H2,18,19,20,21,22). The Morgan fingerprint density at radius 2 is 1.78 bits per heavy atom. The van der Waals surface area contributed by atoms with Gasteiger partial charge in [0.05, 0.1) is 5.75 Å². The minimum absolute atomic E-state index is 0.0356. The Balaban J connectivity index is 1.55. The number of sulfone groups is 1. The number of anilines is 2. The van der Waals surface area contributed by atoms with E-state index >= 15 is 0 Å². The van der Waals surface area contributed by atoms with Gasteiger partial charge < -0.3 is 5.32 Å². The molecule has 0 radical (unpaired) electrons. The fourth-order valence-electron chi connectivity index (χ4n) is 2.14. The quantitative estimate of drug-likeness (QED) is 0.628. The summed E-state index contributed by atoms with van der Waals surface area (Å²) in [4.78, 5) is 17.4. The average Bonchev–Trinajstić information content (AvgIpc) is 3.03. The summed E-state index contributed by atoms with van der Waals surface area (Å²) in [7, 11) is -3.09. The Bertz CT molecular complexity index is 1020. The van der Waals surface area contributed by atoms with Crippen molar-refractivity contribution in [1.29, 1.82) is 0 Å². The molecule has 3 rings (SSSR count). The molecule has 0 aliphatic carbocycles. The third kappa shape index (κ3) is 6.35. The fourth-order valence-corrected chi connectivity index (χ4v) is 4.37. The van der Waals surface area contributed by atoms with Gasteiger partial charge in [0.1, 0.15) is 0 Å². The van der Waals surface area contributed by atoms with Crippen LogP contribution in [-0.4, -0.2) is 30.1 Å². The van der Waals surface area contributed by atoms with E-state index in [1.807, 2.05) is 30.3 Å². The number of hydrogen-bond donors (Lipinski definition) is 2. The van der Waals surface area contributed by atoms with Crippen molar-refractivity contribution in [2.45, 2.75) is 15.8 Å². The molecule has 1 aromatic heterocycles. The number of amides is 2. The van der Waals surface area contributed by atoms with Gasteiger partial charge in [-0.2, -0.15) is 9.36 Å². The topological polar surface area (TPSA) is 101 Å². The highest BCUT2D eigenvalue weighted by Crippen LogP contribution is 2.27. The van der Waals surface area contributed by atoms with E-state index in [9.17, 15) is 13.2 Å². The molecule has 27 heavy (non-hydrogen) atoms. The van der Waals surface area contributed by atoms with Gasteiger partial charge in [-0.15, -0.1) is 0 Å². The van der Waals surface area contributed by atoms with E-state index in [1.165, 1.54) is 18.0 Å². The number of benzene rings is 2. The molecule has 0 spiro atoms. The van der Waals surface area contributed by atoms with Gasteiger partial charge in [-0.05, 0) is 41.6 Å². The zero-order chi connectivity index (χ0) is 19.3. The molecule has 2 N–H and O–H groups in total. The summed E-state index contributed by atoms with van der Waals surface area (Å²) in [5.74, 6) is -0.0356. The van der Waals surface area contributed by atoms with Gasteiger partial charge in [0.25, 0.3) is 0 Å². The van der Waals surface area contributed by atoms with Crippen molar-refractivity contribution >= 4 is 50.0 Å². The molecule has 2 amide bonds. The highest BCUT2D eigenvalue weighted by molar-refractivity contribution is 7.99. The Morgan fingerprint density at radius 3 is 2.44 bits per heavy atom. The first-order valence-corrected chi connectivity index (χ1v) is 11.4. The molecule has 3 aromatic rings. The second-order valence-corrected chi connectivity index (χ2v) is 9.58. The Morgan fingerprint density at radius 1 is 1.07 bits per heavy atom. The van der Waals surface area contributed by atoms with Gasteiger partial charge in [-0.25, -0.2) is 13.2 Å². The SMILES string of the molecule is CS(=O)(=O)Cc1ccc(NC(=O)Nc2nc(Sc3ccccc3)ns2)cc1. The third-order valence-electron chi connectivity index (χ3n) is 3.22. The first-order chi connectivity index (χ1) is 12.9. The monoisotopic (exact) mass is 420 g/mol. The molecule has 7 nitrogen and oxygen atoms in total. The van der Waals surface area contributed by atoms with Crippen LogP contribution in [0.25, 0.3) is 0 Å². The zero-order valence-corrected chi connectivity index (χ0v) is 16.7. The minimum Gasteiger partial charge on any atom is -0.308 e. The van der Waals surface area contributed by atoms with Crippen LogP contribution in [0, 0.1) is 0 Å². The molecule has 0 saturated heterocycles. The first kappa shape index (κ1) is 19.3. The predicted molar refractivity (Wildman–Crippen MR) is 108 cm³/mol. The van der Waals surface area contributed by atoms with E-state index in [0.717, 1.165) is 16.4 Å². The van der Waals surface area contributed by atoms with Crippen LogP contribution in [0.3, 0.4) is 0 Å². The summed E-state index contributed by atoms with van der Waals surface area (Å²) in [5.41, 5.74) is 1.21. The molecule has 0 bridgehead atoms. The van der Waals surface area contributed by atoms with Crippen LogP contribution in [0.4, 0.5) is 15.6 Å². The van der Waals surface area contributed by atoms with Crippen LogP contribution in [0.15, 0.2) is 64.6 Å². The Labute approximate surface area is 165 Å². The third-order valence-corrected chi connectivity index (χ3v) is 5.70. The minimum atomic E-state index is -3.09. The van der Waals surface area contributed by atoms with Gasteiger partial charge in [-0.1, -0.05) is 30.3 Å². The van der Waals surface area contributed by atoms with Gasteiger partial charge in [0, 0.05) is 28.4 Å². The summed E-state index contributed by atoms with van der Waals surface area (Å²) < 4.78 is 26.8. The van der Waals surface area contributed by atoms with Crippen molar-refractivity contribution in [2.75, 3.05) is 16.9 Å². The van der Waals surface area contributed by atoms with Crippen LogP contribution in [0.1, 0.15) is 5.56 Å². The largest absolute Gasteiger partial charge is 0.325 e. The van der Waals surface area contributed by atoms with Gasteiger partial charge >= 0.3 is 6.03 Å². The lowest BCUT2D eigenvalue weighted by Gasteiger charge is -2.06. The maximum absolute atomic E-state index is 12.1. The number of nitrogens with zero attached hydrogens (tertiary/aromatic N) is 2. The average molecular weight is 421 g/mol. The molecule has 0 fully saturated rings. The number of aromatic nitrogens is 2. The van der Waals surface area contributed by atoms with Crippen molar-refractivity contribution in [3.63, 3.8) is 0 Å². The molecule has 140 valence electrons. The second-order valence-electron chi connectivity index (χ2n) is 5.64. The lowest BCUT2D eigenvalue weighted by molar-refractivity contribution is 0.262. The smallest absolute Gasteiger partial charge is 0.308 e. The summed E-state index contributed by atoms with van der Waals surface area (Å²) in [5, 5.41) is 6.26. The molecular weight excluding hydrogens is 404 g/mol. The van der Waals surface area contributed by atoms with E-state index in [4.69, 9.17) is 0 Å². The van der Waals surface area contributed by atoms with Gasteiger partial charge in [0.2, 0.25) is 10.3 Å². The summed E-state index contributed by atoms with van der Waals surface area (Å²) in [6, 6.07) is 15.9. The van der Waals surface area contributed by atoms with Crippen LogP contribution in [0.5, 0.6) is 0 Å². The number of carbonyl (C=O) groups excluding carboxylic acids is 1.